The smallest absolute Gasteiger partial charge is 0.246 e. The van der Waals surface area contributed by atoms with E-state index in [-0.39, 0.29) is 5.91 Å². The van der Waals surface area contributed by atoms with Crippen LogP contribution in [0.5, 0.6) is 0 Å². The Kier molecular flexibility index (Phi) is 4.93. The SMILES string of the molecule is O=C(/C=C/c1cccs1)N1CC[C@@](O)(CN2CCOCC2)C1. The molecule has 0 aromatic carbocycles. The molecule has 0 bridgehead atoms. The van der Waals surface area contributed by atoms with Crippen molar-refractivity contribution in [3.8, 4) is 0 Å². The number of amides is 1. The second-order valence-electron chi connectivity index (χ2n) is 5.97. The highest BCUT2D eigenvalue weighted by Gasteiger charge is 2.39. The van der Waals surface area contributed by atoms with E-state index in [1.54, 1.807) is 22.3 Å². The van der Waals surface area contributed by atoms with Crippen molar-refractivity contribution >= 4 is 23.3 Å². The van der Waals surface area contributed by atoms with Crippen molar-refractivity contribution in [3.63, 3.8) is 0 Å². The van der Waals surface area contributed by atoms with Crippen molar-refractivity contribution in [3.05, 3.63) is 28.5 Å². The maximum Gasteiger partial charge on any atom is 0.246 e. The molecular weight excluding hydrogens is 300 g/mol. The number of aliphatic hydroxyl groups is 1. The van der Waals surface area contributed by atoms with Crippen molar-refractivity contribution < 1.29 is 14.6 Å². The number of ether oxygens (including phenoxy) is 1. The van der Waals surface area contributed by atoms with Crippen LogP contribution >= 0.6 is 11.3 Å². The van der Waals surface area contributed by atoms with Gasteiger partial charge in [0.1, 0.15) is 0 Å². The van der Waals surface area contributed by atoms with E-state index in [1.807, 2.05) is 23.6 Å². The summed E-state index contributed by atoms with van der Waals surface area (Å²) < 4.78 is 5.33. The van der Waals surface area contributed by atoms with Crippen molar-refractivity contribution in [1.29, 1.82) is 0 Å². The van der Waals surface area contributed by atoms with Gasteiger partial charge < -0.3 is 14.7 Å². The van der Waals surface area contributed by atoms with Gasteiger partial charge in [-0.15, -0.1) is 11.3 Å². The third kappa shape index (κ3) is 3.95. The maximum atomic E-state index is 12.2. The molecular formula is C16H22N2O3S. The van der Waals surface area contributed by atoms with Gasteiger partial charge in [0.25, 0.3) is 0 Å². The lowest BCUT2D eigenvalue weighted by molar-refractivity contribution is -0.126. The second kappa shape index (κ2) is 6.91. The van der Waals surface area contributed by atoms with Crippen LogP contribution < -0.4 is 0 Å². The Morgan fingerprint density at radius 3 is 2.95 bits per heavy atom. The molecule has 1 amide bonds. The zero-order valence-corrected chi connectivity index (χ0v) is 13.4. The standard InChI is InChI=1S/C16H22N2O3S/c19-15(4-3-14-2-1-11-22-14)18-6-5-16(20,13-18)12-17-7-9-21-10-8-17/h1-4,11,20H,5-10,12-13H2/b4-3+/t16-/m1/s1. The highest BCUT2D eigenvalue weighted by atomic mass is 32.1. The van der Waals surface area contributed by atoms with Crippen LogP contribution in [0, 0.1) is 0 Å². The third-order valence-corrected chi connectivity index (χ3v) is 5.04. The van der Waals surface area contributed by atoms with Gasteiger partial charge in [-0.2, -0.15) is 0 Å². The molecule has 0 aliphatic carbocycles. The van der Waals surface area contributed by atoms with Crippen molar-refractivity contribution in [2.45, 2.75) is 12.0 Å². The van der Waals surface area contributed by atoms with Crippen LogP contribution in [0.4, 0.5) is 0 Å². The minimum absolute atomic E-state index is 0.0219. The number of morpholine rings is 1. The summed E-state index contributed by atoms with van der Waals surface area (Å²) in [4.78, 5) is 17.2. The molecule has 1 atom stereocenters. The fourth-order valence-electron chi connectivity index (χ4n) is 2.99. The van der Waals surface area contributed by atoms with Crippen LogP contribution in [-0.4, -0.2) is 72.4 Å². The Bertz CT molecular complexity index is 526. The quantitative estimate of drug-likeness (QED) is 0.842. The molecule has 22 heavy (non-hydrogen) atoms. The number of carbonyl (C=O) groups is 1. The Labute approximate surface area is 134 Å². The lowest BCUT2D eigenvalue weighted by Crippen LogP contribution is -2.49. The Morgan fingerprint density at radius 2 is 2.23 bits per heavy atom. The first-order chi connectivity index (χ1) is 10.6. The van der Waals surface area contributed by atoms with E-state index in [4.69, 9.17) is 4.74 Å². The number of nitrogens with zero attached hydrogens (tertiary/aromatic N) is 2. The Hall–Kier alpha value is -1.21. The Balaban J connectivity index is 1.53. The molecule has 0 radical (unpaired) electrons. The number of thiophene rings is 1. The molecule has 0 spiro atoms. The predicted molar refractivity (Wildman–Crippen MR) is 86.8 cm³/mol. The molecule has 3 heterocycles. The zero-order chi connectivity index (χ0) is 15.4. The fraction of sp³-hybridized carbons (Fsp3) is 0.562. The number of β-amino-alcohol motifs (C(OH)–C–C–N with tert-alkyl or cyclic N) is 1. The average molecular weight is 322 g/mol. The molecule has 3 rings (SSSR count). The van der Waals surface area contributed by atoms with Gasteiger partial charge in [-0.1, -0.05) is 6.07 Å². The van der Waals surface area contributed by atoms with Gasteiger partial charge in [-0.3, -0.25) is 9.69 Å². The largest absolute Gasteiger partial charge is 0.387 e. The van der Waals surface area contributed by atoms with Crippen LogP contribution in [0.1, 0.15) is 11.3 Å². The molecule has 0 saturated carbocycles. The number of hydrogen-bond donors (Lipinski definition) is 1. The first-order valence-corrected chi connectivity index (χ1v) is 8.56. The van der Waals surface area contributed by atoms with E-state index >= 15 is 0 Å². The molecule has 6 heteroatoms. The summed E-state index contributed by atoms with van der Waals surface area (Å²) in [6, 6.07) is 3.94. The van der Waals surface area contributed by atoms with Crippen molar-refractivity contribution in [1.82, 2.24) is 9.80 Å². The van der Waals surface area contributed by atoms with Gasteiger partial charge in [0, 0.05) is 37.1 Å². The minimum atomic E-state index is -0.788. The van der Waals surface area contributed by atoms with Gasteiger partial charge in [0.2, 0.25) is 5.91 Å². The number of likely N-dealkylation sites (tertiary alicyclic amines) is 1. The van der Waals surface area contributed by atoms with Gasteiger partial charge in [-0.25, -0.2) is 0 Å². The number of carbonyl (C=O) groups excluding carboxylic acids is 1. The predicted octanol–water partition coefficient (Wildman–Crippen LogP) is 1.06. The summed E-state index contributed by atoms with van der Waals surface area (Å²) in [5.41, 5.74) is -0.788. The Morgan fingerprint density at radius 1 is 1.41 bits per heavy atom. The monoisotopic (exact) mass is 322 g/mol. The minimum Gasteiger partial charge on any atom is -0.387 e. The molecule has 1 aromatic heterocycles. The van der Waals surface area contributed by atoms with E-state index in [2.05, 4.69) is 4.90 Å². The van der Waals surface area contributed by atoms with Crippen molar-refractivity contribution in [2.24, 2.45) is 0 Å². The summed E-state index contributed by atoms with van der Waals surface area (Å²) >= 11 is 1.61. The highest BCUT2D eigenvalue weighted by Crippen LogP contribution is 2.23. The van der Waals surface area contributed by atoms with E-state index in [0.29, 0.717) is 26.1 Å². The summed E-state index contributed by atoms with van der Waals surface area (Å²) in [6.45, 7) is 4.81. The van der Waals surface area contributed by atoms with E-state index in [0.717, 1.165) is 31.2 Å². The third-order valence-electron chi connectivity index (χ3n) is 4.20. The van der Waals surface area contributed by atoms with E-state index in [9.17, 15) is 9.90 Å². The normalized spacial score (nSPS) is 26.9. The van der Waals surface area contributed by atoms with E-state index in [1.165, 1.54) is 0 Å². The van der Waals surface area contributed by atoms with Crippen LogP contribution in [-0.2, 0) is 9.53 Å². The van der Waals surface area contributed by atoms with Gasteiger partial charge in [-0.05, 0) is 23.9 Å². The fourth-order valence-corrected chi connectivity index (χ4v) is 3.61. The van der Waals surface area contributed by atoms with E-state index < -0.39 is 5.60 Å². The maximum absolute atomic E-state index is 12.2. The van der Waals surface area contributed by atoms with Crippen LogP contribution in [0.2, 0.25) is 0 Å². The summed E-state index contributed by atoms with van der Waals surface area (Å²) in [5, 5.41) is 12.7. The summed E-state index contributed by atoms with van der Waals surface area (Å²) in [6.07, 6.45) is 4.08. The van der Waals surface area contributed by atoms with Crippen LogP contribution in [0.25, 0.3) is 6.08 Å². The van der Waals surface area contributed by atoms with Gasteiger partial charge in [0.15, 0.2) is 0 Å². The molecule has 1 aromatic rings. The first-order valence-electron chi connectivity index (χ1n) is 7.68. The average Bonchev–Trinajstić information content (AvgIpc) is 3.16. The molecule has 2 aliphatic heterocycles. The molecule has 0 unspecified atom stereocenters. The lowest BCUT2D eigenvalue weighted by Gasteiger charge is -2.33. The molecule has 2 fully saturated rings. The molecule has 2 saturated heterocycles. The highest BCUT2D eigenvalue weighted by molar-refractivity contribution is 7.10. The van der Waals surface area contributed by atoms with Crippen molar-refractivity contribution in [2.75, 3.05) is 45.9 Å². The molecule has 5 nitrogen and oxygen atoms in total. The lowest BCUT2D eigenvalue weighted by atomic mass is 10.0. The second-order valence-corrected chi connectivity index (χ2v) is 6.95. The number of hydrogen-bond acceptors (Lipinski definition) is 5. The van der Waals surface area contributed by atoms with Gasteiger partial charge in [0.05, 0.1) is 25.4 Å². The zero-order valence-electron chi connectivity index (χ0n) is 12.6. The number of rotatable bonds is 4. The summed E-state index contributed by atoms with van der Waals surface area (Å²) in [7, 11) is 0. The van der Waals surface area contributed by atoms with Crippen LogP contribution in [0.3, 0.4) is 0 Å². The van der Waals surface area contributed by atoms with Gasteiger partial charge >= 0.3 is 0 Å². The topological polar surface area (TPSA) is 53.0 Å². The molecule has 2 aliphatic rings. The van der Waals surface area contributed by atoms with Crippen LogP contribution in [0.15, 0.2) is 23.6 Å². The molecule has 120 valence electrons. The first kappa shape index (κ1) is 15.7. The molecule has 1 N–H and O–H groups in total. The summed E-state index contributed by atoms with van der Waals surface area (Å²) in [5.74, 6) is -0.0219.